The molecule has 0 spiro atoms. The number of hydrogen-bond acceptors (Lipinski definition) is 5. The third-order valence-corrected chi connectivity index (χ3v) is 5.33. The van der Waals surface area contributed by atoms with Gasteiger partial charge in [-0.2, -0.15) is 4.72 Å². The van der Waals surface area contributed by atoms with Crippen LogP contribution < -0.4 is 9.46 Å². The number of carbonyl (C=O) groups excluding carboxylic acids is 1. The Kier molecular flexibility index (Phi) is 6.41. The average molecular weight is 410 g/mol. The third-order valence-electron chi connectivity index (χ3n) is 4.26. The van der Waals surface area contributed by atoms with Crippen molar-refractivity contribution in [2.24, 2.45) is 5.92 Å². The van der Waals surface area contributed by atoms with Crippen LogP contribution in [-0.2, 0) is 14.8 Å². The quantitative estimate of drug-likeness (QED) is 0.474. The van der Waals surface area contributed by atoms with Crippen molar-refractivity contribution in [1.82, 2.24) is 9.71 Å². The first-order chi connectivity index (χ1) is 13.9. The molecule has 150 valence electrons. The van der Waals surface area contributed by atoms with Crippen LogP contribution in [0.15, 0.2) is 72.3 Å². The maximum absolute atomic E-state index is 12.7. The fourth-order valence-electron chi connectivity index (χ4n) is 2.74. The number of pyridine rings is 1. The molecule has 0 aliphatic rings. The summed E-state index contributed by atoms with van der Waals surface area (Å²) in [5.74, 6) is -0.710. The van der Waals surface area contributed by atoms with E-state index in [-0.39, 0.29) is 11.7 Å². The zero-order valence-corrected chi connectivity index (χ0v) is 17.0. The lowest BCUT2D eigenvalue weighted by Crippen LogP contribution is -2.45. The Bertz CT molecular complexity index is 1120. The van der Waals surface area contributed by atoms with Gasteiger partial charge < -0.3 is 4.74 Å². The van der Waals surface area contributed by atoms with Crippen molar-refractivity contribution in [2.75, 3.05) is 0 Å². The molecule has 1 atom stereocenters. The summed E-state index contributed by atoms with van der Waals surface area (Å²) in [4.78, 5) is 17.0. The van der Waals surface area contributed by atoms with Crippen molar-refractivity contribution >= 4 is 33.0 Å². The summed E-state index contributed by atoms with van der Waals surface area (Å²) in [5, 5.41) is 1.87. The van der Waals surface area contributed by atoms with Gasteiger partial charge in [-0.3, -0.25) is 4.98 Å². The number of fused-ring (bicyclic) bond motifs is 1. The number of nitrogens with zero attached hydrogens (tertiary/aromatic N) is 1. The van der Waals surface area contributed by atoms with Gasteiger partial charge in [0.05, 0.1) is 0 Å². The highest BCUT2D eigenvalue weighted by atomic mass is 32.2. The lowest BCUT2D eigenvalue weighted by Gasteiger charge is -2.20. The molecule has 7 heteroatoms. The number of rotatable bonds is 7. The summed E-state index contributed by atoms with van der Waals surface area (Å²) in [6.45, 7) is 3.49. The van der Waals surface area contributed by atoms with Crippen LogP contribution in [0.5, 0.6) is 5.75 Å². The van der Waals surface area contributed by atoms with Gasteiger partial charge in [0.1, 0.15) is 11.6 Å². The maximum atomic E-state index is 12.7. The molecule has 0 amide bonds. The standard InChI is InChI=1S/C22H22N2O4S/c1-16(2)20(24-29(26,27)15-13-17-8-4-3-5-9-17)22(25)28-19-12-6-10-18-11-7-14-23-21(18)19/h3-16,20,24H,1-2H3. The molecule has 1 N–H and O–H groups in total. The number of carbonyl (C=O) groups is 1. The summed E-state index contributed by atoms with van der Waals surface area (Å²) in [5.41, 5.74) is 1.28. The van der Waals surface area contributed by atoms with Crippen LogP contribution in [-0.4, -0.2) is 25.4 Å². The van der Waals surface area contributed by atoms with Gasteiger partial charge in [0, 0.05) is 17.0 Å². The van der Waals surface area contributed by atoms with Gasteiger partial charge >= 0.3 is 5.97 Å². The Morgan fingerprint density at radius 2 is 1.76 bits per heavy atom. The fourth-order valence-corrected chi connectivity index (χ4v) is 3.87. The second kappa shape index (κ2) is 8.98. The molecule has 6 nitrogen and oxygen atoms in total. The number of benzene rings is 2. The Balaban J connectivity index is 1.78. The number of sulfonamides is 1. The van der Waals surface area contributed by atoms with Gasteiger partial charge in [-0.05, 0) is 29.7 Å². The first-order valence-electron chi connectivity index (χ1n) is 9.16. The lowest BCUT2D eigenvalue weighted by molar-refractivity contribution is -0.137. The molecule has 0 aliphatic heterocycles. The van der Waals surface area contributed by atoms with Crippen LogP contribution in [0.1, 0.15) is 19.4 Å². The highest BCUT2D eigenvalue weighted by Crippen LogP contribution is 2.24. The Hall–Kier alpha value is -3.03. The molecule has 0 saturated carbocycles. The molecule has 0 aliphatic carbocycles. The monoisotopic (exact) mass is 410 g/mol. The first-order valence-corrected chi connectivity index (χ1v) is 10.7. The van der Waals surface area contributed by atoms with E-state index in [1.54, 1.807) is 50.4 Å². The predicted molar refractivity (Wildman–Crippen MR) is 114 cm³/mol. The van der Waals surface area contributed by atoms with Crippen molar-refractivity contribution in [3.8, 4) is 5.75 Å². The van der Waals surface area contributed by atoms with Crippen molar-refractivity contribution in [3.05, 3.63) is 77.8 Å². The van der Waals surface area contributed by atoms with E-state index in [9.17, 15) is 13.2 Å². The van der Waals surface area contributed by atoms with Crippen molar-refractivity contribution in [3.63, 3.8) is 0 Å². The van der Waals surface area contributed by atoms with E-state index in [0.717, 1.165) is 16.4 Å². The summed E-state index contributed by atoms with van der Waals surface area (Å²) in [6, 6.07) is 16.9. The second-order valence-corrected chi connectivity index (χ2v) is 8.45. The van der Waals surface area contributed by atoms with E-state index in [1.807, 2.05) is 30.3 Å². The number of esters is 1. The normalized spacial score (nSPS) is 13.1. The summed E-state index contributed by atoms with van der Waals surface area (Å²) in [6.07, 6.45) is 3.08. The van der Waals surface area contributed by atoms with Gasteiger partial charge in [-0.1, -0.05) is 62.4 Å². The maximum Gasteiger partial charge on any atom is 0.329 e. The van der Waals surface area contributed by atoms with E-state index < -0.39 is 22.0 Å². The first kappa shape index (κ1) is 20.7. The smallest absolute Gasteiger partial charge is 0.329 e. The van der Waals surface area contributed by atoms with E-state index >= 15 is 0 Å². The molecule has 0 bridgehead atoms. The zero-order valence-electron chi connectivity index (χ0n) is 16.1. The number of para-hydroxylation sites is 1. The third kappa shape index (κ3) is 5.49. The van der Waals surface area contributed by atoms with Crippen LogP contribution in [0.2, 0.25) is 0 Å². The van der Waals surface area contributed by atoms with Gasteiger partial charge in [0.25, 0.3) is 0 Å². The molecule has 1 aromatic heterocycles. The minimum absolute atomic E-state index is 0.290. The Labute approximate surface area is 170 Å². The molecule has 3 rings (SSSR count). The molecular weight excluding hydrogens is 388 g/mol. The SMILES string of the molecule is CC(C)C(NS(=O)(=O)C=Cc1ccccc1)C(=O)Oc1cccc2cccnc12. The number of nitrogens with one attached hydrogen (secondary N) is 1. The van der Waals surface area contributed by atoms with Crippen LogP contribution in [0.25, 0.3) is 17.0 Å². The number of hydrogen-bond donors (Lipinski definition) is 1. The average Bonchev–Trinajstić information content (AvgIpc) is 2.71. The zero-order chi connectivity index (χ0) is 20.9. The van der Waals surface area contributed by atoms with Gasteiger partial charge in [0.15, 0.2) is 5.75 Å². The predicted octanol–water partition coefficient (Wildman–Crippen LogP) is 3.76. The largest absolute Gasteiger partial charge is 0.423 e. The second-order valence-electron chi connectivity index (χ2n) is 6.85. The van der Waals surface area contributed by atoms with Crippen LogP contribution >= 0.6 is 0 Å². The molecule has 1 heterocycles. The highest BCUT2D eigenvalue weighted by Gasteiger charge is 2.28. The Morgan fingerprint density at radius 3 is 2.48 bits per heavy atom. The van der Waals surface area contributed by atoms with Crippen molar-refractivity contribution < 1.29 is 17.9 Å². The van der Waals surface area contributed by atoms with E-state index in [1.165, 1.54) is 6.08 Å². The van der Waals surface area contributed by atoms with Gasteiger partial charge in [-0.15, -0.1) is 0 Å². The molecule has 3 aromatic rings. The van der Waals surface area contributed by atoms with E-state index in [2.05, 4.69) is 9.71 Å². The topological polar surface area (TPSA) is 85.4 Å². The lowest BCUT2D eigenvalue weighted by atomic mass is 10.1. The number of aromatic nitrogens is 1. The van der Waals surface area contributed by atoms with Gasteiger partial charge in [0.2, 0.25) is 10.0 Å². The molecule has 1 unspecified atom stereocenters. The molecule has 0 fully saturated rings. The molecule has 29 heavy (non-hydrogen) atoms. The van der Waals surface area contributed by atoms with Crippen molar-refractivity contribution in [2.45, 2.75) is 19.9 Å². The van der Waals surface area contributed by atoms with E-state index in [0.29, 0.717) is 5.52 Å². The molecule has 2 aromatic carbocycles. The Morgan fingerprint density at radius 1 is 1.03 bits per heavy atom. The summed E-state index contributed by atoms with van der Waals surface area (Å²) < 4.78 is 32.9. The molecule has 0 saturated heterocycles. The van der Waals surface area contributed by atoms with Crippen LogP contribution in [0, 0.1) is 5.92 Å². The number of ether oxygens (including phenoxy) is 1. The van der Waals surface area contributed by atoms with Crippen LogP contribution in [0.3, 0.4) is 0 Å². The fraction of sp³-hybridized carbons (Fsp3) is 0.182. The molecular formula is C22H22N2O4S. The summed E-state index contributed by atoms with van der Waals surface area (Å²) in [7, 11) is -3.85. The van der Waals surface area contributed by atoms with Crippen molar-refractivity contribution in [1.29, 1.82) is 0 Å². The van der Waals surface area contributed by atoms with Gasteiger partial charge in [-0.25, -0.2) is 13.2 Å². The van der Waals surface area contributed by atoms with Crippen LogP contribution in [0.4, 0.5) is 0 Å². The molecule has 0 radical (unpaired) electrons. The highest BCUT2D eigenvalue weighted by molar-refractivity contribution is 7.92. The summed E-state index contributed by atoms with van der Waals surface area (Å²) >= 11 is 0. The minimum Gasteiger partial charge on any atom is -0.423 e. The minimum atomic E-state index is -3.85. The van der Waals surface area contributed by atoms with E-state index in [4.69, 9.17) is 4.74 Å².